The van der Waals surface area contributed by atoms with Crippen molar-refractivity contribution in [3.05, 3.63) is 59.8 Å². The van der Waals surface area contributed by atoms with Gasteiger partial charge in [0.05, 0.1) is 23.8 Å². The van der Waals surface area contributed by atoms with Crippen molar-refractivity contribution < 1.29 is 4.79 Å². The number of carbonyl (C=O) groups excluding carboxylic acids is 1. The van der Waals surface area contributed by atoms with Gasteiger partial charge in [0, 0.05) is 35.6 Å². The van der Waals surface area contributed by atoms with Gasteiger partial charge in [-0.25, -0.2) is 11.1 Å². The van der Waals surface area contributed by atoms with Crippen LogP contribution in [0.5, 0.6) is 0 Å². The molecule has 1 atom stereocenters. The summed E-state index contributed by atoms with van der Waals surface area (Å²) in [5.74, 6) is 0.277. The van der Waals surface area contributed by atoms with Crippen LogP contribution in [0.25, 0.3) is 21.6 Å². The molecular weight excluding hydrogens is 352 g/mol. The van der Waals surface area contributed by atoms with Crippen molar-refractivity contribution in [3.63, 3.8) is 0 Å². The van der Waals surface area contributed by atoms with Crippen LogP contribution in [0.2, 0.25) is 0 Å². The van der Waals surface area contributed by atoms with Crippen LogP contribution in [0.15, 0.2) is 42.7 Å². The van der Waals surface area contributed by atoms with E-state index >= 15 is 0 Å². The van der Waals surface area contributed by atoms with Crippen molar-refractivity contribution in [1.29, 1.82) is 0 Å². The minimum Gasteiger partial charge on any atom is -0.326 e. The van der Waals surface area contributed by atoms with Crippen molar-refractivity contribution in [2.75, 3.05) is 25.0 Å². The molecule has 0 bridgehead atoms. The summed E-state index contributed by atoms with van der Waals surface area (Å²) in [6, 6.07) is 9.84. The molecule has 0 aliphatic carbocycles. The molecule has 4 rings (SSSR count). The molecule has 1 amide bonds. The van der Waals surface area contributed by atoms with Crippen molar-refractivity contribution in [3.8, 4) is 11.3 Å². The van der Waals surface area contributed by atoms with E-state index < -0.39 is 0 Å². The zero-order valence-corrected chi connectivity index (χ0v) is 15.6. The van der Waals surface area contributed by atoms with E-state index in [0.29, 0.717) is 11.6 Å². The first-order chi connectivity index (χ1) is 13.7. The number of piperidine rings is 1. The van der Waals surface area contributed by atoms with Gasteiger partial charge in [0.15, 0.2) is 0 Å². The number of fused-ring (bicyclic) bond motifs is 1. The minimum atomic E-state index is -0.161. The van der Waals surface area contributed by atoms with E-state index in [1.165, 1.54) is 6.42 Å². The number of nitrogens with zero attached hydrogens (tertiary/aromatic N) is 4. The molecule has 1 aliphatic heterocycles. The topological polar surface area (TPSA) is 75.7 Å². The fraction of sp³-hybridized carbons (Fsp3) is 0.333. The van der Waals surface area contributed by atoms with Crippen LogP contribution in [0.4, 0.5) is 5.69 Å². The Morgan fingerprint density at radius 1 is 1.39 bits per heavy atom. The Balaban J connectivity index is 1.63. The van der Waals surface area contributed by atoms with E-state index in [1.54, 1.807) is 10.6 Å². The maximum atomic E-state index is 11.9. The van der Waals surface area contributed by atoms with Crippen LogP contribution >= 0.6 is 0 Å². The van der Waals surface area contributed by atoms with Gasteiger partial charge in [-0.2, -0.15) is 5.10 Å². The number of pyridine rings is 2. The second-order valence-corrected chi connectivity index (χ2v) is 6.97. The minimum absolute atomic E-state index is 0.161. The number of aromatic nitrogens is 3. The summed E-state index contributed by atoms with van der Waals surface area (Å²) in [5, 5.41) is 10.7. The summed E-state index contributed by atoms with van der Waals surface area (Å²) in [6.45, 7) is 9.04. The summed E-state index contributed by atoms with van der Waals surface area (Å²) < 4.78 is 1.78. The highest BCUT2D eigenvalue weighted by Crippen LogP contribution is 2.28. The van der Waals surface area contributed by atoms with Crippen LogP contribution in [0, 0.1) is 6.57 Å². The zero-order chi connectivity index (χ0) is 19.3. The highest BCUT2D eigenvalue weighted by molar-refractivity contribution is 5.92. The van der Waals surface area contributed by atoms with E-state index in [9.17, 15) is 4.79 Å². The molecule has 1 fully saturated rings. The molecule has 28 heavy (non-hydrogen) atoms. The second-order valence-electron chi connectivity index (χ2n) is 6.97. The second kappa shape index (κ2) is 8.19. The molecule has 4 heterocycles. The van der Waals surface area contributed by atoms with Crippen LogP contribution in [0.1, 0.15) is 30.9 Å². The predicted molar refractivity (Wildman–Crippen MR) is 108 cm³/mol. The average molecular weight is 374 g/mol. The van der Waals surface area contributed by atoms with E-state index in [4.69, 9.17) is 11.6 Å². The van der Waals surface area contributed by atoms with Gasteiger partial charge < -0.3 is 15.5 Å². The monoisotopic (exact) mass is 374 g/mol. The van der Waals surface area contributed by atoms with Gasteiger partial charge >= 0.3 is 0 Å². The Labute approximate surface area is 163 Å². The van der Waals surface area contributed by atoms with Gasteiger partial charge in [-0.05, 0) is 43.7 Å². The van der Waals surface area contributed by atoms with Gasteiger partial charge in [0.2, 0.25) is 12.5 Å². The number of amides is 1. The highest BCUT2D eigenvalue weighted by atomic mass is 16.1. The summed E-state index contributed by atoms with van der Waals surface area (Å²) in [5.41, 5.74) is 4.50. The lowest BCUT2D eigenvalue weighted by atomic mass is 9.95. The molecule has 1 saturated heterocycles. The third-order valence-electron chi connectivity index (χ3n) is 5.02. The smallest absolute Gasteiger partial charge is 0.231 e. The van der Waals surface area contributed by atoms with E-state index in [0.717, 1.165) is 42.0 Å². The third kappa shape index (κ3) is 3.87. The number of anilines is 1. The van der Waals surface area contributed by atoms with Crippen molar-refractivity contribution in [2.24, 2.45) is 0 Å². The van der Waals surface area contributed by atoms with Gasteiger partial charge in [0.1, 0.15) is 0 Å². The summed E-state index contributed by atoms with van der Waals surface area (Å²) in [7, 11) is 0. The van der Waals surface area contributed by atoms with Crippen molar-refractivity contribution in [1.82, 2.24) is 19.9 Å². The Hall–Kier alpha value is -3.24. The molecule has 142 valence electrons. The molecule has 0 aromatic carbocycles. The zero-order valence-electron chi connectivity index (χ0n) is 15.6. The summed E-state index contributed by atoms with van der Waals surface area (Å²) in [4.78, 5) is 20.1. The lowest BCUT2D eigenvalue weighted by molar-refractivity contribution is -0.115. The molecule has 3 aromatic heterocycles. The average Bonchev–Trinajstić information content (AvgIpc) is 3.16. The first kappa shape index (κ1) is 18.1. The molecule has 1 aliphatic rings. The molecule has 7 heteroatoms. The fourth-order valence-electron chi connectivity index (χ4n) is 3.57. The standard InChI is InChI=1S/C21H22N6O/c1-22-10-7-21(28)25-16-8-11-27-20(12-16)17(14-24-27)19-6-2-5-18(26-19)15-4-3-9-23-13-15/h2,5-6,8,11-12,14-15,23H,3-4,7,9-10,13H2,(H,25,28). The van der Waals surface area contributed by atoms with Crippen LogP contribution in [-0.4, -0.2) is 40.1 Å². The quantitative estimate of drug-likeness (QED) is 0.673. The van der Waals surface area contributed by atoms with E-state index in [-0.39, 0.29) is 18.9 Å². The maximum Gasteiger partial charge on any atom is 0.231 e. The van der Waals surface area contributed by atoms with Gasteiger partial charge in [0.25, 0.3) is 0 Å². The predicted octanol–water partition coefficient (Wildman–Crippen LogP) is 3.11. The first-order valence-corrected chi connectivity index (χ1v) is 9.53. The first-order valence-electron chi connectivity index (χ1n) is 9.53. The van der Waals surface area contributed by atoms with Gasteiger partial charge in [-0.1, -0.05) is 6.07 Å². The van der Waals surface area contributed by atoms with Crippen LogP contribution in [-0.2, 0) is 4.79 Å². The Morgan fingerprint density at radius 3 is 3.14 bits per heavy atom. The number of hydrogen-bond acceptors (Lipinski definition) is 4. The molecule has 2 N–H and O–H groups in total. The fourth-order valence-corrected chi connectivity index (χ4v) is 3.57. The SMILES string of the molecule is [C-]#[N+]CCC(=O)Nc1ccn2ncc(-c3cccc(C4CCCNC4)n3)c2c1. The molecule has 7 nitrogen and oxygen atoms in total. The molecule has 0 radical (unpaired) electrons. The van der Waals surface area contributed by atoms with Crippen molar-refractivity contribution >= 4 is 17.1 Å². The summed E-state index contributed by atoms with van der Waals surface area (Å²) >= 11 is 0. The van der Waals surface area contributed by atoms with Crippen LogP contribution < -0.4 is 10.6 Å². The lowest BCUT2D eigenvalue weighted by Crippen LogP contribution is -2.28. The number of rotatable bonds is 5. The summed E-state index contributed by atoms with van der Waals surface area (Å²) in [6.07, 6.45) is 6.14. The molecule has 0 saturated carbocycles. The molecule has 0 spiro atoms. The number of carbonyl (C=O) groups is 1. The van der Waals surface area contributed by atoms with Gasteiger partial charge in [-0.3, -0.25) is 9.78 Å². The number of hydrogen-bond donors (Lipinski definition) is 2. The van der Waals surface area contributed by atoms with Crippen molar-refractivity contribution in [2.45, 2.75) is 25.2 Å². The van der Waals surface area contributed by atoms with Gasteiger partial charge in [-0.15, -0.1) is 0 Å². The Bertz CT molecular complexity index is 1030. The molecule has 3 aromatic rings. The Morgan fingerprint density at radius 2 is 2.32 bits per heavy atom. The molecule has 1 unspecified atom stereocenters. The Kier molecular flexibility index (Phi) is 5.31. The molecular formula is C21H22N6O. The number of nitrogens with one attached hydrogen (secondary N) is 2. The van der Waals surface area contributed by atoms with E-state index in [2.05, 4.69) is 26.6 Å². The van der Waals surface area contributed by atoms with E-state index in [1.807, 2.05) is 30.6 Å². The largest absolute Gasteiger partial charge is 0.326 e. The lowest BCUT2D eigenvalue weighted by Gasteiger charge is -2.22. The normalized spacial score (nSPS) is 16.6. The highest BCUT2D eigenvalue weighted by Gasteiger charge is 2.18. The maximum absolute atomic E-state index is 11.9. The van der Waals surface area contributed by atoms with Crippen LogP contribution in [0.3, 0.4) is 0 Å². The third-order valence-corrected chi connectivity index (χ3v) is 5.02.